The Morgan fingerprint density at radius 2 is 1.90 bits per heavy atom. The molecular formula is C20H20ClFN2O4S. The number of halogens is 2. The van der Waals surface area contributed by atoms with Gasteiger partial charge in [0.1, 0.15) is 22.8 Å². The fourth-order valence-corrected chi connectivity index (χ4v) is 5.00. The predicted molar refractivity (Wildman–Crippen MR) is 107 cm³/mol. The molecule has 0 bridgehead atoms. The summed E-state index contributed by atoms with van der Waals surface area (Å²) in [6.07, 6.45) is 0. The molecular weight excluding hydrogens is 419 g/mol. The quantitative estimate of drug-likeness (QED) is 0.738. The van der Waals surface area contributed by atoms with Gasteiger partial charge in [-0.05, 0) is 54.8 Å². The number of aryl methyl sites for hydroxylation is 1. The molecule has 0 saturated heterocycles. The lowest BCUT2D eigenvalue weighted by Crippen LogP contribution is -2.46. The molecule has 0 amide bonds. The van der Waals surface area contributed by atoms with Gasteiger partial charge in [0.15, 0.2) is 0 Å². The highest BCUT2D eigenvalue weighted by Crippen LogP contribution is 2.33. The van der Waals surface area contributed by atoms with Gasteiger partial charge in [-0.3, -0.25) is 4.79 Å². The molecule has 1 N–H and O–H groups in total. The molecule has 6 nitrogen and oxygen atoms in total. The molecule has 0 radical (unpaired) electrons. The maximum atomic E-state index is 14.5. The summed E-state index contributed by atoms with van der Waals surface area (Å²) in [6.45, 7) is 4.88. The van der Waals surface area contributed by atoms with Crippen LogP contribution in [-0.4, -0.2) is 36.9 Å². The first-order chi connectivity index (χ1) is 13.4. The van der Waals surface area contributed by atoms with Crippen LogP contribution in [0.3, 0.4) is 0 Å². The number of nitriles is 1. The number of carboxylic acids is 1. The highest BCUT2D eigenvalue weighted by molar-refractivity contribution is 7.89. The van der Waals surface area contributed by atoms with Crippen molar-refractivity contribution in [3.8, 4) is 6.07 Å². The van der Waals surface area contributed by atoms with Gasteiger partial charge in [-0.1, -0.05) is 24.6 Å². The zero-order chi connectivity index (χ0) is 22.1. The Morgan fingerprint density at radius 3 is 2.45 bits per heavy atom. The van der Waals surface area contributed by atoms with Crippen molar-refractivity contribution in [1.82, 2.24) is 4.31 Å². The van der Waals surface area contributed by atoms with Crippen molar-refractivity contribution in [3.63, 3.8) is 0 Å². The molecule has 0 saturated carbocycles. The van der Waals surface area contributed by atoms with E-state index in [9.17, 15) is 28.0 Å². The van der Waals surface area contributed by atoms with Crippen molar-refractivity contribution >= 4 is 27.6 Å². The van der Waals surface area contributed by atoms with Gasteiger partial charge in [0.25, 0.3) is 0 Å². The Balaban J connectivity index is 2.61. The second-order valence-corrected chi connectivity index (χ2v) is 9.15. The number of nitrogens with zero attached hydrogens (tertiary/aromatic N) is 2. The van der Waals surface area contributed by atoms with E-state index in [0.29, 0.717) is 9.87 Å². The minimum Gasteiger partial charge on any atom is -0.480 e. The summed E-state index contributed by atoms with van der Waals surface area (Å²) >= 11 is 5.82. The molecule has 0 spiro atoms. The average Bonchev–Trinajstić information content (AvgIpc) is 2.64. The van der Waals surface area contributed by atoms with E-state index in [1.807, 2.05) is 0 Å². The lowest BCUT2D eigenvalue weighted by atomic mass is 9.88. The van der Waals surface area contributed by atoms with Crippen LogP contribution in [0.4, 0.5) is 4.39 Å². The Bertz CT molecular complexity index is 1110. The number of rotatable bonds is 6. The maximum absolute atomic E-state index is 14.5. The van der Waals surface area contributed by atoms with Gasteiger partial charge in [0.2, 0.25) is 10.0 Å². The minimum absolute atomic E-state index is 0.135. The van der Waals surface area contributed by atoms with E-state index < -0.39 is 33.8 Å². The molecule has 2 atom stereocenters. The van der Waals surface area contributed by atoms with Crippen LogP contribution in [0.25, 0.3) is 0 Å². The molecule has 0 aliphatic carbocycles. The first-order valence-corrected chi connectivity index (χ1v) is 10.4. The lowest BCUT2D eigenvalue weighted by Gasteiger charge is -2.30. The Morgan fingerprint density at radius 1 is 1.28 bits per heavy atom. The molecule has 2 aromatic rings. The van der Waals surface area contributed by atoms with E-state index in [0.717, 1.165) is 18.7 Å². The standard InChI is InChI=1S/C20H20ClFN2O4S/c1-11-5-7-16(22)18(12(11)2)13(3)19(20(25)26)24(4)29(27,28)17-8-6-15(21)9-14(17)10-23/h5-9,13,19H,1-4H3,(H,25,26)/t13-,19+/m1/s1. The van der Waals surface area contributed by atoms with Crippen LogP contribution in [0.1, 0.15) is 35.1 Å². The zero-order valence-electron chi connectivity index (χ0n) is 16.3. The normalized spacial score (nSPS) is 13.7. The predicted octanol–water partition coefficient (Wildman–Crippen LogP) is 3.85. The molecule has 29 heavy (non-hydrogen) atoms. The number of carbonyl (C=O) groups is 1. The average molecular weight is 439 g/mol. The van der Waals surface area contributed by atoms with Crippen molar-refractivity contribution in [2.75, 3.05) is 7.05 Å². The molecule has 0 aliphatic heterocycles. The zero-order valence-corrected chi connectivity index (χ0v) is 17.8. The summed E-state index contributed by atoms with van der Waals surface area (Å²) in [6, 6.07) is 6.59. The highest BCUT2D eigenvalue weighted by Gasteiger charge is 2.39. The molecule has 0 aromatic heterocycles. The summed E-state index contributed by atoms with van der Waals surface area (Å²) < 4.78 is 41.4. The largest absolute Gasteiger partial charge is 0.480 e. The van der Waals surface area contributed by atoms with E-state index in [1.54, 1.807) is 26.0 Å². The molecule has 0 heterocycles. The number of sulfonamides is 1. The third kappa shape index (κ3) is 4.27. The summed E-state index contributed by atoms with van der Waals surface area (Å²) in [5, 5.41) is 19.2. The van der Waals surface area contributed by atoms with Gasteiger partial charge in [-0.25, -0.2) is 12.8 Å². The highest BCUT2D eigenvalue weighted by atomic mass is 35.5. The first kappa shape index (κ1) is 22.8. The van der Waals surface area contributed by atoms with E-state index in [-0.39, 0.29) is 21.0 Å². The molecule has 2 aromatic carbocycles. The van der Waals surface area contributed by atoms with Crippen LogP contribution in [0.2, 0.25) is 5.02 Å². The van der Waals surface area contributed by atoms with Crippen molar-refractivity contribution in [3.05, 3.63) is 63.4 Å². The van der Waals surface area contributed by atoms with Gasteiger partial charge >= 0.3 is 5.97 Å². The fraction of sp³-hybridized carbons (Fsp3) is 0.300. The van der Waals surface area contributed by atoms with Crippen molar-refractivity contribution in [2.24, 2.45) is 0 Å². The number of aliphatic carboxylic acids is 1. The monoisotopic (exact) mass is 438 g/mol. The lowest BCUT2D eigenvalue weighted by molar-refractivity contribution is -0.141. The maximum Gasteiger partial charge on any atom is 0.322 e. The van der Waals surface area contributed by atoms with Gasteiger partial charge in [-0.15, -0.1) is 0 Å². The Labute approximate surface area is 174 Å². The van der Waals surface area contributed by atoms with Crippen molar-refractivity contribution in [2.45, 2.75) is 37.6 Å². The number of carboxylic acid groups (broad SMARTS) is 1. The van der Waals surface area contributed by atoms with E-state index >= 15 is 0 Å². The van der Waals surface area contributed by atoms with Gasteiger partial charge < -0.3 is 5.11 Å². The second-order valence-electron chi connectivity index (χ2n) is 6.75. The van der Waals surface area contributed by atoms with Gasteiger partial charge in [0, 0.05) is 18.0 Å². The molecule has 2 rings (SSSR count). The summed E-state index contributed by atoms with van der Waals surface area (Å²) in [4.78, 5) is 11.7. The van der Waals surface area contributed by atoms with Crippen LogP contribution >= 0.6 is 11.6 Å². The third-order valence-corrected chi connectivity index (χ3v) is 7.16. The van der Waals surface area contributed by atoms with Crippen LogP contribution < -0.4 is 0 Å². The van der Waals surface area contributed by atoms with E-state index in [4.69, 9.17) is 11.6 Å². The summed E-state index contributed by atoms with van der Waals surface area (Å²) in [7, 11) is -3.28. The number of hydrogen-bond donors (Lipinski definition) is 1. The smallest absolute Gasteiger partial charge is 0.322 e. The molecule has 0 fully saturated rings. The van der Waals surface area contributed by atoms with Crippen LogP contribution in [0, 0.1) is 31.0 Å². The fourth-order valence-electron chi connectivity index (χ4n) is 3.32. The summed E-state index contributed by atoms with van der Waals surface area (Å²) in [5.41, 5.74) is 1.24. The van der Waals surface area contributed by atoms with E-state index in [2.05, 4.69) is 0 Å². The second kappa shape index (κ2) is 8.49. The van der Waals surface area contributed by atoms with Gasteiger partial charge in [0.05, 0.1) is 5.56 Å². The molecule has 0 aliphatic rings. The van der Waals surface area contributed by atoms with Crippen molar-refractivity contribution < 1.29 is 22.7 Å². The number of likely N-dealkylation sites (N-methyl/N-ethyl adjacent to an activating group) is 1. The minimum atomic E-state index is -4.38. The number of hydrogen-bond acceptors (Lipinski definition) is 4. The van der Waals surface area contributed by atoms with Crippen LogP contribution in [0.15, 0.2) is 35.2 Å². The third-order valence-electron chi connectivity index (χ3n) is 5.03. The van der Waals surface area contributed by atoms with E-state index in [1.165, 1.54) is 25.1 Å². The van der Waals surface area contributed by atoms with Gasteiger partial charge in [-0.2, -0.15) is 9.57 Å². The Kier molecular flexibility index (Phi) is 6.68. The Hall–Kier alpha value is -2.47. The SMILES string of the molecule is Cc1ccc(F)c([C@@H](C)[C@@H](C(=O)O)N(C)S(=O)(=O)c2ccc(Cl)cc2C#N)c1C. The van der Waals surface area contributed by atoms with Crippen molar-refractivity contribution in [1.29, 1.82) is 5.26 Å². The molecule has 9 heteroatoms. The number of benzene rings is 2. The summed E-state index contributed by atoms with van der Waals surface area (Å²) in [5.74, 6) is -3.04. The van der Waals surface area contributed by atoms with Crippen LogP contribution in [-0.2, 0) is 14.8 Å². The molecule has 0 unspecified atom stereocenters. The molecule has 154 valence electrons. The first-order valence-electron chi connectivity index (χ1n) is 8.59. The topological polar surface area (TPSA) is 98.5 Å². The van der Waals surface area contributed by atoms with Crippen LogP contribution in [0.5, 0.6) is 0 Å².